The van der Waals surface area contributed by atoms with E-state index >= 15 is 0 Å². The molecule has 0 radical (unpaired) electrons. The molecule has 36 heavy (non-hydrogen) atoms. The SMILES string of the molecule is C=S(=O)(NC(=O)COCC)c1ccc(C(=O)Nc2ccc(Cl)cc2C(=O)Nc2ccc(Cl)cn2)cc1. The summed E-state index contributed by atoms with van der Waals surface area (Å²) in [7, 11) is -3.14. The van der Waals surface area contributed by atoms with Gasteiger partial charge in [0.25, 0.3) is 17.7 Å². The molecule has 1 unspecified atom stereocenters. The molecule has 0 saturated heterocycles. The molecule has 1 atom stereocenters. The van der Waals surface area contributed by atoms with Crippen molar-refractivity contribution in [2.45, 2.75) is 11.8 Å². The van der Waals surface area contributed by atoms with E-state index in [0.717, 1.165) is 0 Å². The number of carbonyl (C=O) groups is 3. The van der Waals surface area contributed by atoms with Crippen molar-refractivity contribution in [2.75, 3.05) is 23.8 Å². The fourth-order valence-electron chi connectivity index (χ4n) is 2.93. The van der Waals surface area contributed by atoms with Gasteiger partial charge in [-0.3, -0.25) is 19.1 Å². The number of ether oxygens (including phenoxy) is 1. The first kappa shape index (κ1) is 27.2. The zero-order valence-electron chi connectivity index (χ0n) is 19.0. The first-order chi connectivity index (χ1) is 17.1. The molecule has 9 nitrogen and oxygen atoms in total. The van der Waals surface area contributed by atoms with Crippen molar-refractivity contribution in [1.29, 1.82) is 0 Å². The van der Waals surface area contributed by atoms with Crippen LogP contribution < -0.4 is 15.4 Å². The van der Waals surface area contributed by atoms with Gasteiger partial charge < -0.3 is 15.4 Å². The zero-order chi connectivity index (χ0) is 26.3. The second-order valence-electron chi connectivity index (χ2n) is 7.32. The minimum Gasteiger partial charge on any atom is -0.372 e. The van der Waals surface area contributed by atoms with E-state index in [1.54, 1.807) is 13.0 Å². The van der Waals surface area contributed by atoms with Gasteiger partial charge in [-0.25, -0.2) is 9.19 Å². The van der Waals surface area contributed by atoms with Gasteiger partial charge in [0.1, 0.15) is 12.4 Å². The molecule has 0 fully saturated rings. The second kappa shape index (κ2) is 12.0. The lowest BCUT2D eigenvalue weighted by molar-refractivity contribution is -0.123. The monoisotopic (exact) mass is 548 g/mol. The lowest BCUT2D eigenvalue weighted by Gasteiger charge is -2.13. The summed E-state index contributed by atoms with van der Waals surface area (Å²) in [6, 6.07) is 13.2. The van der Waals surface area contributed by atoms with Gasteiger partial charge in [-0.05, 0) is 67.4 Å². The number of pyridine rings is 1. The Morgan fingerprint density at radius 2 is 1.67 bits per heavy atom. The summed E-state index contributed by atoms with van der Waals surface area (Å²) in [5.41, 5.74) is 0.543. The van der Waals surface area contributed by atoms with Crippen LogP contribution in [-0.4, -0.2) is 46.0 Å². The third-order valence-electron chi connectivity index (χ3n) is 4.66. The van der Waals surface area contributed by atoms with E-state index in [2.05, 4.69) is 26.2 Å². The average molecular weight is 549 g/mol. The number of amides is 3. The minimum absolute atomic E-state index is 0.113. The van der Waals surface area contributed by atoms with Gasteiger partial charge >= 0.3 is 0 Å². The van der Waals surface area contributed by atoms with E-state index in [0.29, 0.717) is 16.7 Å². The Labute approximate surface area is 218 Å². The highest BCUT2D eigenvalue weighted by Crippen LogP contribution is 2.23. The van der Waals surface area contributed by atoms with Crippen LogP contribution in [0.15, 0.2) is 65.7 Å². The van der Waals surface area contributed by atoms with Gasteiger partial charge in [-0.15, -0.1) is 0 Å². The van der Waals surface area contributed by atoms with Gasteiger partial charge in [0.05, 0.1) is 26.0 Å². The molecule has 2 aromatic carbocycles. The Hall–Kier alpha value is -3.44. The predicted molar refractivity (Wildman–Crippen MR) is 141 cm³/mol. The summed E-state index contributed by atoms with van der Waals surface area (Å²) < 4.78 is 20.1. The molecule has 0 aliphatic heterocycles. The van der Waals surface area contributed by atoms with Crippen molar-refractivity contribution in [3.63, 3.8) is 0 Å². The van der Waals surface area contributed by atoms with Gasteiger partial charge in [0.15, 0.2) is 0 Å². The Morgan fingerprint density at radius 1 is 0.972 bits per heavy atom. The number of anilines is 2. The first-order valence-corrected chi connectivity index (χ1v) is 13.0. The summed E-state index contributed by atoms with van der Waals surface area (Å²) in [6.45, 7) is 1.83. The quantitative estimate of drug-likeness (QED) is 0.346. The van der Waals surface area contributed by atoms with Crippen LogP contribution >= 0.6 is 23.2 Å². The fraction of sp³-hybridized carbons (Fsp3) is 0.125. The molecule has 188 valence electrons. The van der Waals surface area contributed by atoms with Gasteiger partial charge in [-0.2, -0.15) is 0 Å². The van der Waals surface area contributed by atoms with Crippen LogP contribution in [0.1, 0.15) is 27.6 Å². The number of nitrogens with one attached hydrogen (secondary N) is 3. The van der Waals surface area contributed by atoms with Gasteiger partial charge in [-0.1, -0.05) is 23.2 Å². The Morgan fingerprint density at radius 3 is 2.31 bits per heavy atom. The molecule has 3 N–H and O–H groups in total. The molecule has 12 heteroatoms. The van der Waals surface area contributed by atoms with Gasteiger partial charge in [0.2, 0.25) is 0 Å². The van der Waals surface area contributed by atoms with E-state index in [1.807, 2.05) is 0 Å². The number of aromatic nitrogens is 1. The lowest BCUT2D eigenvalue weighted by Crippen LogP contribution is -2.33. The molecule has 0 bridgehead atoms. The molecular weight excluding hydrogens is 527 g/mol. The standard InChI is InChI=1S/C24H22Cl2N4O5S/c1-3-35-14-22(31)30-36(2,34)18-8-4-15(5-9-18)23(32)28-20-10-6-16(25)12-19(20)24(33)29-21-11-7-17(26)13-27-21/h4-13H,2-3,14H2,1H3,(H,28,32)(H,27,29,33)(H,30,31,34). The number of rotatable bonds is 9. The molecule has 1 heterocycles. The number of hydrogen-bond acceptors (Lipinski definition) is 6. The zero-order valence-corrected chi connectivity index (χ0v) is 21.4. The Balaban J connectivity index is 1.74. The van der Waals surface area contributed by atoms with Crippen molar-refractivity contribution in [2.24, 2.45) is 0 Å². The molecule has 1 aromatic heterocycles. The number of benzene rings is 2. The van der Waals surface area contributed by atoms with Crippen molar-refractivity contribution >= 4 is 68.0 Å². The largest absolute Gasteiger partial charge is 0.372 e. The number of halogens is 2. The molecule has 0 saturated carbocycles. The van der Waals surface area contributed by atoms with Crippen LogP contribution in [-0.2, 0) is 19.2 Å². The summed E-state index contributed by atoms with van der Waals surface area (Å²) in [4.78, 5) is 41.8. The molecule has 3 aromatic rings. The van der Waals surface area contributed by atoms with Crippen molar-refractivity contribution < 1.29 is 23.3 Å². The smallest absolute Gasteiger partial charge is 0.258 e. The van der Waals surface area contributed by atoms with Gasteiger partial charge in [0, 0.05) is 28.3 Å². The normalized spacial score (nSPS) is 12.3. The first-order valence-electron chi connectivity index (χ1n) is 10.5. The van der Waals surface area contributed by atoms with Crippen LogP contribution in [0.2, 0.25) is 10.0 Å². The second-order valence-corrected chi connectivity index (χ2v) is 10.2. The molecule has 0 spiro atoms. The van der Waals surface area contributed by atoms with Crippen LogP contribution in [0, 0.1) is 0 Å². The van der Waals surface area contributed by atoms with Crippen LogP contribution in [0.5, 0.6) is 0 Å². The minimum atomic E-state index is -3.14. The highest BCUT2D eigenvalue weighted by Gasteiger charge is 2.17. The third-order valence-corrected chi connectivity index (χ3v) is 6.71. The maximum Gasteiger partial charge on any atom is 0.258 e. The molecule has 3 rings (SSSR count). The van der Waals surface area contributed by atoms with E-state index in [4.69, 9.17) is 27.9 Å². The van der Waals surface area contributed by atoms with Crippen LogP contribution in [0.4, 0.5) is 11.5 Å². The maximum absolute atomic E-state index is 12.9. The molecule has 0 aliphatic rings. The maximum atomic E-state index is 12.9. The van der Waals surface area contributed by atoms with E-state index in [9.17, 15) is 18.6 Å². The topological polar surface area (TPSA) is 126 Å². The fourth-order valence-corrected chi connectivity index (χ4v) is 4.34. The van der Waals surface area contributed by atoms with Crippen molar-refractivity contribution in [1.82, 2.24) is 9.71 Å². The number of carbonyl (C=O) groups excluding carboxylic acids is 3. The highest BCUT2D eigenvalue weighted by atomic mass is 35.5. The third kappa shape index (κ3) is 7.28. The summed E-state index contributed by atoms with van der Waals surface area (Å²) in [5.74, 6) is 2.20. The Bertz CT molecular complexity index is 1380. The van der Waals surface area contributed by atoms with Crippen LogP contribution in [0.3, 0.4) is 0 Å². The number of nitrogens with zero attached hydrogens (tertiary/aromatic N) is 1. The average Bonchev–Trinajstić information content (AvgIpc) is 2.85. The van der Waals surface area contributed by atoms with E-state index in [-0.39, 0.29) is 34.1 Å². The van der Waals surface area contributed by atoms with Crippen molar-refractivity contribution in [3.05, 3.63) is 82.0 Å². The highest BCUT2D eigenvalue weighted by molar-refractivity contribution is 7.99. The molecule has 0 aliphatic carbocycles. The summed E-state index contributed by atoms with van der Waals surface area (Å²) in [6.07, 6.45) is 1.38. The van der Waals surface area contributed by atoms with Crippen molar-refractivity contribution in [3.8, 4) is 0 Å². The summed E-state index contributed by atoms with van der Waals surface area (Å²) in [5, 5.41) is 6.00. The predicted octanol–water partition coefficient (Wildman–Crippen LogP) is 4.04. The van der Waals surface area contributed by atoms with E-state index < -0.39 is 27.4 Å². The summed E-state index contributed by atoms with van der Waals surface area (Å²) >= 11 is 11.9. The number of hydrogen-bond donors (Lipinski definition) is 3. The molecule has 3 amide bonds. The Kier molecular flexibility index (Phi) is 9.05. The lowest BCUT2D eigenvalue weighted by atomic mass is 10.1. The van der Waals surface area contributed by atoms with E-state index in [1.165, 1.54) is 54.7 Å². The molecular formula is C24H22Cl2N4O5S. The van der Waals surface area contributed by atoms with Crippen LogP contribution in [0.25, 0.3) is 0 Å².